The summed E-state index contributed by atoms with van der Waals surface area (Å²) in [6.45, 7) is 3.07. The topological polar surface area (TPSA) is 75.8 Å². The third kappa shape index (κ3) is 4.94. The van der Waals surface area contributed by atoms with Crippen molar-refractivity contribution in [3.63, 3.8) is 0 Å². The summed E-state index contributed by atoms with van der Waals surface area (Å²) in [5, 5.41) is 22.0. The minimum atomic E-state index is 0.297. The van der Waals surface area contributed by atoms with Gasteiger partial charge in [-0.25, -0.2) is 0 Å². The van der Waals surface area contributed by atoms with Gasteiger partial charge in [-0.05, 0) is 49.4 Å². The zero-order valence-electron chi connectivity index (χ0n) is 14.7. The predicted molar refractivity (Wildman–Crippen MR) is 108 cm³/mol. The number of thioether (sulfide) groups is 1. The van der Waals surface area contributed by atoms with E-state index in [1.807, 2.05) is 60.0 Å². The summed E-state index contributed by atoms with van der Waals surface area (Å²) in [4.78, 5) is 0. The van der Waals surface area contributed by atoms with Crippen LogP contribution in [0, 0.1) is 11.3 Å². The number of halogens is 1. The number of nitriles is 1. The molecule has 0 aliphatic heterocycles. The molecule has 0 atom stereocenters. The van der Waals surface area contributed by atoms with E-state index in [9.17, 15) is 0 Å². The zero-order chi connectivity index (χ0) is 19.1. The van der Waals surface area contributed by atoms with Crippen LogP contribution in [-0.2, 0) is 6.54 Å². The van der Waals surface area contributed by atoms with E-state index in [1.54, 1.807) is 0 Å². The van der Waals surface area contributed by atoms with Gasteiger partial charge in [0.1, 0.15) is 5.75 Å². The standard InChI is InChI=1S/C19H18ClN5OS/c1-2-26-17-8-6-15(7-9-17)22-13-18-23-24-19(27-11-10-21)25(18)16-5-3-4-14(20)12-16/h3-9,12,22H,2,11,13H2,1H3. The molecule has 0 radical (unpaired) electrons. The normalized spacial score (nSPS) is 10.4. The van der Waals surface area contributed by atoms with E-state index in [2.05, 4.69) is 21.6 Å². The van der Waals surface area contributed by atoms with Crippen molar-refractivity contribution in [1.29, 1.82) is 5.26 Å². The van der Waals surface area contributed by atoms with E-state index in [-0.39, 0.29) is 0 Å². The van der Waals surface area contributed by atoms with Gasteiger partial charge < -0.3 is 10.1 Å². The lowest BCUT2D eigenvalue weighted by Crippen LogP contribution is -2.08. The minimum Gasteiger partial charge on any atom is -0.494 e. The molecule has 0 fully saturated rings. The molecule has 0 saturated heterocycles. The molecule has 138 valence electrons. The van der Waals surface area contributed by atoms with Crippen LogP contribution in [0.15, 0.2) is 53.7 Å². The summed E-state index contributed by atoms with van der Waals surface area (Å²) >= 11 is 7.48. The number of ether oxygens (including phenoxy) is 1. The average Bonchev–Trinajstić information content (AvgIpc) is 3.09. The van der Waals surface area contributed by atoms with Crippen LogP contribution in [0.3, 0.4) is 0 Å². The molecule has 0 bridgehead atoms. The first-order valence-electron chi connectivity index (χ1n) is 8.38. The second-order valence-corrected chi connectivity index (χ2v) is 6.85. The minimum absolute atomic E-state index is 0.297. The molecule has 2 aromatic carbocycles. The van der Waals surface area contributed by atoms with Crippen molar-refractivity contribution in [2.75, 3.05) is 17.7 Å². The summed E-state index contributed by atoms with van der Waals surface area (Å²) in [7, 11) is 0. The zero-order valence-corrected chi connectivity index (χ0v) is 16.3. The smallest absolute Gasteiger partial charge is 0.196 e. The molecule has 3 aromatic rings. The first-order chi connectivity index (χ1) is 13.2. The van der Waals surface area contributed by atoms with Gasteiger partial charge in [-0.15, -0.1) is 10.2 Å². The third-order valence-corrected chi connectivity index (χ3v) is 4.68. The number of hydrogen-bond donors (Lipinski definition) is 1. The number of anilines is 1. The molecule has 0 unspecified atom stereocenters. The van der Waals surface area contributed by atoms with Crippen molar-refractivity contribution in [2.45, 2.75) is 18.6 Å². The number of benzene rings is 2. The van der Waals surface area contributed by atoms with Crippen LogP contribution in [0.25, 0.3) is 5.69 Å². The third-order valence-electron chi connectivity index (χ3n) is 3.65. The van der Waals surface area contributed by atoms with E-state index in [1.165, 1.54) is 11.8 Å². The summed E-state index contributed by atoms with van der Waals surface area (Å²) < 4.78 is 7.37. The number of nitrogens with zero attached hydrogens (tertiary/aromatic N) is 4. The van der Waals surface area contributed by atoms with Gasteiger partial charge in [-0.3, -0.25) is 4.57 Å². The highest BCUT2D eigenvalue weighted by Crippen LogP contribution is 2.24. The van der Waals surface area contributed by atoms with Crippen molar-refractivity contribution < 1.29 is 4.74 Å². The average molecular weight is 400 g/mol. The van der Waals surface area contributed by atoms with E-state index in [4.69, 9.17) is 21.6 Å². The molecule has 1 aromatic heterocycles. The molecule has 8 heteroatoms. The Hall–Kier alpha value is -2.69. The van der Waals surface area contributed by atoms with Gasteiger partial charge in [0.25, 0.3) is 0 Å². The lowest BCUT2D eigenvalue weighted by atomic mass is 10.3. The quantitative estimate of drug-likeness (QED) is 0.560. The maximum Gasteiger partial charge on any atom is 0.196 e. The van der Waals surface area contributed by atoms with Crippen LogP contribution >= 0.6 is 23.4 Å². The van der Waals surface area contributed by atoms with Crippen LogP contribution in [-0.4, -0.2) is 27.1 Å². The van der Waals surface area contributed by atoms with Crippen LogP contribution < -0.4 is 10.1 Å². The fourth-order valence-corrected chi connectivity index (χ4v) is 3.31. The van der Waals surface area contributed by atoms with Crippen molar-refractivity contribution >= 4 is 29.1 Å². The summed E-state index contributed by atoms with van der Waals surface area (Å²) in [6, 6.07) is 17.3. The van der Waals surface area contributed by atoms with E-state index >= 15 is 0 Å². The number of aromatic nitrogens is 3. The SMILES string of the molecule is CCOc1ccc(NCc2nnc(SCC#N)n2-c2cccc(Cl)c2)cc1. The molecular weight excluding hydrogens is 382 g/mol. The summed E-state index contributed by atoms with van der Waals surface area (Å²) in [5.74, 6) is 1.86. The van der Waals surface area contributed by atoms with Crippen molar-refractivity contribution in [3.05, 3.63) is 59.4 Å². The maximum absolute atomic E-state index is 8.88. The lowest BCUT2D eigenvalue weighted by Gasteiger charge is -2.11. The molecule has 0 saturated carbocycles. The van der Waals surface area contributed by atoms with E-state index in [0.29, 0.717) is 29.1 Å². The van der Waals surface area contributed by atoms with Crippen LogP contribution in [0.2, 0.25) is 5.02 Å². The number of hydrogen-bond acceptors (Lipinski definition) is 6. The van der Waals surface area contributed by atoms with Gasteiger partial charge in [0, 0.05) is 10.7 Å². The van der Waals surface area contributed by atoms with Crippen LogP contribution in [0.4, 0.5) is 5.69 Å². The first kappa shape index (κ1) is 19.1. The summed E-state index contributed by atoms with van der Waals surface area (Å²) in [5.41, 5.74) is 1.81. The Morgan fingerprint density at radius 2 is 2.04 bits per heavy atom. The molecule has 1 N–H and O–H groups in total. The fourth-order valence-electron chi connectivity index (χ4n) is 2.50. The molecule has 6 nitrogen and oxygen atoms in total. The highest BCUT2D eigenvalue weighted by molar-refractivity contribution is 7.99. The van der Waals surface area contributed by atoms with Crippen molar-refractivity contribution in [1.82, 2.24) is 14.8 Å². The monoisotopic (exact) mass is 399 g/mol. The number of nitrogens with one attached hydrogen (secondary N) is 1. The maximum atomic E-state index is 8.88. The van der Waals surface area contributed by atoms with Gasteiger partial charge in [-0.2, -0.15) is 5.26 Å². The lowest BCUT2D eigenvalue weighted by molar-refractivity contribution is 0.340. The Kier molecular flexibility index (Phi) is 6.58. The summed E-state index contributed by atoms with van der Waals surface area (Å²) in [6.07, 6.45) is 0. The molecule has 0 aliphatic carbocycles. The largest absolute Gasteiger partial charge is 0.494 e. The molecule has 0 amide bonds. The van der Waals surface area contributed by atoms with Gasteiger partial charge in [0.05, 0.1) is 30.7 Å². The molecule has 0 spiro atoms. The van der Waals surface area contributed by atoms with Crippen molar-refractivity contribution in [3.8, 4) is 17.5 Å². The van der Waals surface area contributed by atoms with E-state index < -0.39 is 0 Å². The molecule has 3 rings (SSSR count). The van der Waals surface area contributed by atoms with Gasteiger partial charge in [0.2, 0.25) is 0 Å². The van der Waals surface area contributed by atoms with Gasteiger partial charge >= 0.3 is 0 Å². The molecule has 27 heavy (non-hydrogen) atoms. The Labute approximate surface area is 167 Å². The Balaban J connectivity index is 1.82. The molecular formula is C19H18ClN5OS. The second kappa shape index (κ2) is 9.31. The number of rotatable bonds is 8. The Bertz CT molecular complexity index is 936. The van der Waals surface area contributed by atoms with Crippen molar-refractivity contribution in [2.24, 2.45) is 0 Å². The molecule has 1 heterocycles. The highest BCUT2D eigenvalue weighted by atomic mass is 35.5. The van der Waals surface area contributed by atoms with E-state index in [0.717, 1.165) is 22.9 Å². The van der Waals surface area contributed by atoms with Crippen LogP contribution in [0.5, 0.6) is 5.75 Å². The predicted octanol–water partition coefficient (Wildman–Crippen LogP) is 4.55. The Morgan fingerprint density at radius 1 is 1.22 bits per heavy atom. The highest BCUT2D eigenvalue weighted by Gasteiger charge is 2.14. The van der Waals surface area contributed by atoms with Crippen LogP contribution in [0.1, 0.15) is 12.7 Å². The Morgan fingerprint density at radius 3 is 2.74 bits per heavy atom. The molecule has 0 aliphatic rings. The van der Waals surface area contributed by atoms with Gasteiger partial charge in [0.15, 0.2) is 11.0 Å². The fraction of sp³-hybridized carbons (Fsp3) is 0.211. The second-order valence-electron chi connectivity index (χ2n) is 5.47. The van der Waals surface area contributed by atoms with Gasteiger partial charge in [-0.1, -0.05) is 29.4 Å². The first-order valence-corrected chi connectivity index (χ1v) is 9.74.